The molecule has 0 atom stereocenters. The van der Waals surface area contributed by atoms with Gasteiger partial charge in [-0.3, -0.25) is 25.2 Å². The van der Waals surface area contributed by atoms with E-state index in [1.165, 1.54) is 4.68 Å². The van der Waals surface area contributed by atoms with Gasteiger partial charge in [0.2, 0.25) is 5.91 Å². The number of aromatic nitrogens is 3. The van der Waals surface area contributed by atoms with Crippen molar-refractivity contribution >= 4 is 33.7 Å². The molecule has 0 aliphatic carbocycles. The molecule has 0 spiro atoms. The van der Waals surface area contributed by atoms with Gasteiger partial charge in [0.15, 0.2) is 17.2 Å². The van der Waals surface area contributed by atoms with Crippen LogP contribution >= 0.6 is 0 Å². The van der Waals surface area contributed by atoms with Gasteiger partial charge in [-0.1, -0.05) is 30.3 Å². The Morgan fingerprint density at radius 3 is 2.53 bits per heavy atom. The molecule has 0 radical (unpaired) electrons. The number of amides is 2. The number of fused-ring (bicyclic) bond motifs is 2. The van der Waals surface area contributed by atoms with E-state index >= 15 is 0 Å². The number of benzene rings is 2. The van der Waals surface area contributed by atoms with Gasteiger partial charge in [0.05, 0.1) is 5.39 Å². The molecule has 2 heterocycles. The lowest BCUT2D eigenvalue weighted by Gasteiger charge is -2.10. The number of oxazole rings is 1. The monoisotopic (exact) mass is 405 g/mol. The second kappa shape index (κ2) is 8.16. The summed E-state index contributed by atoms with van der Waals surface area (Å²) < 4.78 is 6.79. The zero-order chi connectivity index (χ0) is 21.1. The van der Waals surface area contributed by atoms with E-state index in [0.717, 1.165) is 5.52 Å². The number of hydrazine groups is 1. The molecule has 152 valence electrons. The first-order valence-corrected chi connectivity index (χ1v) is 9.50. The summed E-state index contributed by atoms with van der Waals surface area (Å²) in [5.41, 5.74) is 5.90. The van der Waals surface area contributed by atoms with Crippen LogP contribution in [0.3, 0.4) is 0 Å². The van der Waals surface area contributed by atoms with E-state index in [2.05, 4.69) is 20.9 Å². The fourth-order valence-corrected chi connectivity index (χ4v) is 3.11. The van der Waals surface area contributed by atoms with Gasteiger partial charge in [-0.15, -0.1) is 0 Å². The smallest absolute Gasteiger partial charge is 0.290 e. The molecule has 0 aliphatic rings. The number of hydrogen-bond acceptors (Lipinski definition) is 6. The molecule has 9 nitrogen and oxygen atoms in total. The Kier molecular flexibility index (Phi) is 5.25. The maximum atomic E-state index is 12.6. The molecule has 2 aromatic heterocycles. The van der Waals surface area contributed by atoms with Gasteiger partial charge in [0.1, 0.15) is 5.52 Å². The van der Waals surface area contributed by atoms with Crippen molar-refractivity contribution in [1.29, 1.82) is 0 Å². The highest BCUT2D eigenvalue weighted by Crippen LogP contribution is 2.16. The number of carbonyl (C=O) groups is 2. The molecule has 0 saturated carbocycles. The fraction of sp³-hybridized carbons (Fsp3) is 0.190. The Morgan fingerprint density at radius 1 is 1.03 bits per heavy atom. The van der Waals surface area contributed by atoms with E-state index in [-0.39, 0.29) is 24.1 Å². The van der Waals surface area contributed by atoms with Crippen molar-refractivity contribution in [3.05, 3.63) is 70.5 Å². The maximum absolute atomic E-state index is 12.6. The Bertz CT molecular complexity index is 1270. The summed E-state index contributed by atoms with van der Waals surface area (Å²) in [6.45, 7) is 2.08. The first-order chi connectivity index (χ1) is 14.6. The third kappa shape index (κ3) is 3.77. The van der Waals surface area contributed by atoms with Gasteiger partial charge in [-0.2, -0.15) is 5.10 Å². The number of carbonyl (C=O) groups excluding carboxylic acids is 2. The van der Waals surface area contributed by atoms with Crippen LogP contribution in [0.25, 0.3) is 21.9 Å². The minimum atomic E-state index is -0.608. The summed E-state index contributed by atoms with van der Waals surface area (Å²) in [5.74, 6) is -0.567. The lowest BCUT2D eigenvalue weighted by atomic mass is 10.1. The number of para-hydroxylation sites is 2. The summed E-state index contributed by atoms with van der Waals surface area (Å²) >= 11 is 0. The predicted octanol–water partition coefficient (Wildman–Crippen LogP) is 1.95. The summed E-state index contributed by atoms with van der Waals surface area (Å²) in [5, 5.41) is 4.94. The van der Waals surface area contributed by atoms with E-state index in [4.69, 9.17) is 4.42 Å². The average Bonchev–Trinajstić information content (AvgIpc) is 3.19. The summed E-state index contributed by atoms with van der Waals surface area (Å²) in [6.07, 6.45) is 0.369. The van der Waals surface area contributed by atoms with Gasteiger partial charge in [0, 0.05) is 24.8 Å². The van der Waals surface area contributed by atoms with Crippen molar-refractivity contribution in [3.8, 4) is 0 Å². The van der Waals surface area contributed by atoms with Crippen molar-refractivity contribution in [2.45, 2.75) is 26.3 Å². The van der Waals surface area contributed by atoms with Crippen LogP contribution in [-0.4, -0.2) is 26.6 Å². The summed E-state index contributed by atoms with van der Waals surface area (Å²) in [7, 11) is 0. The minimum Gasteiger partial charge on any atom is -0.441 e. The first kappa shape index (κ1) is 19.3. The van der Waals surface area contributed by atoms with Crippen molar-refractivity contribution in [2.24, 2.45) is 0 Å². The summed E-state index contributed by atoms with van der Waals surface area (Å²) in [6, 6.07) is 14.1. The Morgan fingerprint density at radius 2 is 1.77 bits per heavy atom. The fourth-order valence-electron chi connectivity index (χ4n) is 3.11. The quantitative estimate of drug-likeness (QED) is 0.490. The number of rotatable bonds is 5. The topological polar surface area (TPSA) is 119 Å². The molecule has 2 amide bonds. The second-order valence-electron chi connectivity index (χ2n) is 6.59. The molecular formula is C21H19N5O4. The molecule has 0 unspecified atom stereocenters. The predicted molar refractivity (Wildman–Crippen MR) is 110 cm³/mol. The normalized spacial score (nSPS) is 11.0. The minimum absolute atomic E-state index is 0.0614. The van der Waals surface area contributed by atoms with Crippen LogP contribution in [0.15, 0.2) is 57.7 Å². The van der Waals surface area contributed by atoms with Crippen LogP contribution in [-0.2, 0) is 17.8 Å². The highest BCUT2D eigenvalue weighted by Gasteiger charge is 2.17. The first-order valence-electron chi connectivity index (χ1n) is 9.50. The van der Waals surface area contributed by atoms with Crippen LogP contribution in [0.4, 0.5) is 0 Å². The Labute approximate surface area is 170 Å². The van der Waals surface area contributed by atoms with Crippen LogP contribution in [0, 0.1) is 0 Å². The van der Waals surface area contributed by atoms with Crippen LogP contribution in [0.5, 0.6) is 0 Å². The van der Waals surface area contributed by atoms with E-state index in [9.17, 15) is 14.4 Å². The van der Waals surface area contributed by atoms with Crippen molar-refractivity contribution in [1.82, 2.24) is 25.6 Å². The second-order valence-corrected chi connectivity index (χ2v) is 6.59. The molecule has 0 aliphatic heterocycles. The van der Waals surface area contributed by atoms with E-state index in [1.54, 1.807) is 37.3 Å². The SMILES string of the molecule is CCn1nc(C(=O)NNC(=O)CCc2nc3ccccc3o2)c2ccccc2c1=O. The largest absolute Gasteiger partial charge is 0.441 e. The zero-order valence-corrected chi connectivity index (χ0v) is 16.2. The maximum Gasteiger partial charge on any atom is 0.290 e. The molecule has 4 aromatic rings. The molecule has 0 saturated heterocycles. The van der Waals surface area contributed by atoms with E-state index < -0.39 is 11.8 Å². The molecular weight excluding hydrogens is 386 g/mol. The number of aryl methyl sites for hydroxylation is 2. The molecule has 2 aromatic carbocycles. The molecule has 0 bridgehead atoms. The van der Waals surface area contributed by atoms with Crippen molar-refractivity contribution in [2.75, 3.05) is 0 Å². The van der Waals surface area contributed by atoms with E-state index in [1.807, 2.05) is 18.2 Å². The highest BCUT2D eigenvalue weighted by molar-refractivity contribution is 6.05. The average molecular weight is 405 g/mol. The number of nitrogens with one attached hydrogen (secondary N) is 2. The van der Waals surface area contributed by atoms with Gasteiger partial charge < -0.3 is 4.42 Å². The van der Waals surface area contributed by atoms with Gasteiger partial charge in [0.25, 0.3) is 11.5 Å². The summed E-state index contributed by atoms with van der Waals surface area (Å²) in [4.78, 5) is 41.4. The lowest BCUT2D eigenvalue weighted by molar-refractivity contribution is -0.121. The van der Waals surface area contributed by atoms with Gasteiger partial charge in [-0.05, 0) is 25.1 Å². The molecule has 2 N–H and O–H groups in total. The Hall–Kier alpha value is -4.01. The van der Waals surface area contributed by atoms with Gasteiger partial charge in [-0.25, -0.2) is 9.67 Å². The third-order valence-electron chi connectivity index (χ3n) is 4.60. The van der Waals surface area contributed by atoms with Crippen LogP contribution < -0.4 is 16.4 Å². The zero-order valence-electron chi connectivity index (χ0n) is 16.2. The van der Waals surface area contributed by atoms with Crippen LogP contribution in [0.2, 0.25) is 0 Å². The number of hydrogen-bond donors (Lipinski definition) is 2. The molecule has 0 fully saturated rings. The van der Waals surface area contributed by atoms with Crippen molar-refractivity contribution in [3.63, 3.8) is 0 Å². The molecule has 4 rings (SSSR count). The standard InChI is InChI=1S/C21H19N5O4/c1-2-26-21(29)14-8-4-3-7-13(14)19(25-26)20(28)24-23-17(27)11-12-18-22-15-9-5-6-10-16(15)30-18/h3-10H,2,11-12H2,1H3,(H,23,27)(H,24,28). The van der Waals surface area contributed by atoms with Crippen LogP contribution in [0.1, 0.15) is 29.7 Å². The molecule has 9 heteroatoms. The third-order valence-corrected chi connectivity index (χ3v) is 4.60. The Balaban J connectivity index is 1.42. The van der Waals surface area contributed by atoms with Gasteiger partial charge >= 0.3 is 0 Å². The molecule has 30 heavy (non-hydrogen) atoms. The highest BCUT2D eigenvalue weighted by atomic mass is 16.3. The lowest BCUT2D eigenvalue weighted by Crippen LogP contribution is -2.42. The number of nitrogens with zero attached hydrogens (tertiary/aromatic N) is 3. The van der Waals surface area contributed by atoms with Crippen molar-refractivity contribution < 1.29 is 14.0 Å². The van der Waals surface area contributed by atoms with E-state index in [0.29, 0.717) is 28.8 Å².